The summed E-state index contributed by atoms with van der Waals surface area (Å²) in [6.45, 7) is 10.7. The van der Waals surface area contributed by atoms with E-state index in [-0.39, 0.29) is 17.7 Å². The second kappa shape index (κ2) is 6.58. The summed E-state index contributed by atoms with van der Waals surface area (Å²) in [5.74, 6) is 0. The number of nitrogens with one attached hydrogen (secondary N) is 1. The highest BCUT2D eigenvalue weighted by Crippen LogP contribution is 2.19. The van der Waals surface area contributed by atoms with Crippen LogP contribution in [0.2, 0.25) is 0 Å². The monoisotopic (exact) mass is 231 g/mol. The van der Waals surface area contributed by atoms with Crippen molar-refractivity contribution in [3.05, 3.63) is 0 Å². The third kappa shape index (κ3) is 5.83. The van der Waals surface area contributed by atoms with Crippen LogP contribution in [0.3, 0.4) is 0 Å². The standard InChI is InChI=1S/C13H29NO2/c1-7-8-13(5,10-15)14-11(2)9-12(3,4)16-6/h11,14-15H,7-10H2,1-6H3. The van der Waals surface area contributed by atoms with E-state index in [1.54, 1.807) is 7.11 Å². The van der Waals surface area contributed by atoms with E-state index in [9.17, 15) is 5.11 Å². The minimum Gasteiger partial charge on any atom is -0.394 e. The highest BCUT2D eigenvalue weighted by Gasteiger charge is 2.27. The van der Waals surface area contributed by atoms with Gasteiger partial charge in [0.2, 0.25) is 0 Å². The molecule has 0 bridgehead atoms. The molecule has 0 saturated heterocycles. The minimum absolute atomic E-state index is 0.116. The first kappa shape index (κ1) is 15.9. The van der Waals surface area contributed by atoms with Gasteiger partial charge in [-0.15, -0.1) is 0 Å². The van der Waals surface area contributed by atoms with Gasteiger partial charge in [-0.25, -0.2) is 0 Å². The number of aliphatic hydroxyl groups excluding tert-OH is 1. The van der Waals surface area contributed by atoms with Crippen LogP contribution in [0.1, 0.15) is 53.9 Å². The summed E-state index contributed by atoms with van der Waals surface area (Å²) in [5, 5.41) is 12.9. The molecular weight excluding hydrogens is 202 g/mol. The minimum atomic E-state index is -0.169. The van der Waals surface area contributed by atoms with Crippen molar-refractivity contribution in [3.63, 3.8) is 0 Å². The molecule has 2 N–H and O–H groups in total. The predicted molar refractivity (Wildman–Crippen MR) is 68.7 cm³/mol. The SMILES string of the molecule is CCCC(C)(CO)NC(C)CC(C)(C)OC. The lowest BCUT2D eigenvalue weighted by Crippen LogP contribution is -2.51. The highest BCUT2D eigenvalue weighted by atomic mass is 16.5. The second-order valence-corrected chi connectivity index (χ2v) is 5.68. The molecule has 0 spiro atoms. The Kier molecular flexibility index (Phi) is 6.53. The number of methoxy groups -OCH3 is 1. The van der Waals surface area contributed by atoms with Crippen molar-refractivity contribution in [2.75, 3.05) is 13.7 Å². The molecule has 2 atom stereocenters. The number of hydrogen-bond donors (Lipinski definition) is 2. The van der Waals surface area contributed by atoms with Gasteiger partial charge in [0.05, 0.1) is 12.2 Å². The molecular formula is C13H29NO2. The normalized spacial score (nSPS) is 18.2. The van der Waals surface area contributed by atoms with E-state index in [0.29, 0.717) is 6.04 Å². The third-order valence-electron chi connectivity index (χ3n) is 3.10. The van der Waals surface area contributed by atoms with Gasteiger partial charge in [0.1, 0.15) is 0 Å². The summed E-state index contributed by atoms with van der Waals surface area (Å²) in [5.41, 5.74) is -0.285. The van der Waals surface area contributed by atoms with E-state index in [2.05, 4.69) is 39.9 Å². The molecule has 3 nitrogen and oxygen atoms in total. The van der Waals surface area contributed by atoms with Crippen LogP contribution in [-0.4, -0.2) is 36.0 Å². The number of hydrogen-bond acceptors (Lipinski definition) is 3. The van der Waals surface area contributed by atoms with Crippen LogP contribution in [0.4, 0.5) is 0 Å². The highest BCUT2D eigenvalue weighted by molar-refractivity contribution is 4.86. The van der Waals surface area contributed by atoms with Crippen molar-refractivity contribution in [1.82, 2.24) is 5.32 Å². The number of rotatable bonds is 8. The molecule has 0 aliphatic carbocycles. The average Bonchev–Trinajstić information content (AvgIpc) is 2.17. The number of aliphatic hydroxyl groups is 1. The van der Waals surface area contributed by atoms with E-state index in [0.717, 1.165) is 19.3 Å². The Morgan fingerprint density at radius 1 is 1.31 bits per heavy atom. The quantitative estimate of drug-likeness (QED) is 0.673. The van der Waals surface area contributed by atoms with Crippen molar-refractivity contribution in [1.29, 1.82) is 0 Å². The molecule has 0 heterocycles. The summed E-state index contributed by atoms with van der Waals surface area (Å²) in [4.78, 5) is 0. The van der Waals surface area contributed by atoms with Crippen LogP contribution in [0.25, 0.3) is 0 Å². The van der Waals surface area contributed by atoms with E-state index >= 15 is 0 Å². The Labute approximate surface area is 101 Å². The Morgan fingerprint density at radius 3 is 2.25 bits per heavy atom. The van der Waals surface area contributed by atoms with Gasteiger partial charge in [0.25, 0.3) is 0 Å². The first-order valence-corrected chi connectivity index (χ1v) is 6.22. The molecule has 0 aliphatic heterocycles. The van der Waals surface area contributed by atoms with Gasteiger partial charge < -0.3 is 15.2 Å². The summed E-state index contributed by atoms with van der Waals surface area (Å²) < 4.78 is 5.41. The Morgan fingerprint density at radius 2 is 1.88 bits per heavy atom. The van der Waals surface area contributed by atoms with Crippen LogP contribution in [0.15, 0.2) is 0 Å². The van der Waals surface area contributed by atoms with Crippen LogP contribution < -0.4 is 5.32 Å². The van der Waals surface area contributed by atoms with Crippen LogP contribution in [0.5, 0.6) is 0 Å². The molecule has 0 rings (SSSR count). The largest absolute Gasteiger partial charge is 0.394 e. The third-order valence-corrected chi connectivity index (χ3v) is 3.10. The maximum Gasteiger partial charge on any atom is 0.0637 e. The molecule has 0 saturated carbocycles. The molecule has 0 aromatic rings. The van der Waals surface area contributed by atoms with Crippen molar-refractivity contribution in [2.45, 2.75) is 71.1 Å². The molecule has 0 aliphatic rings. The van der Waals surface area contributed by atoms with Gasteiger partial charge in [-0.3, -0.25) is 0 Å². The average molecular weight is 231 g/mol. The van der Waals surface area contributed by atoms with Crippen molar-refractivity contribution in [3.8, 4) is 0 Å². The maximum absolute atomic E-state index is 9.43. The van der Waals surface area contributed by atoms with Gasteiger partial charge in [-0.05, 0) is 40.5 Å². The van der Waals surface area contributed by atoms with Crippen molar-refractivity contribution in [2.24, 2.45) is 0 Å². The summed E-state index contributed by atoms with van der Waals surface area (Å²) >= 11 is 0. The molecule has 0 aromatic heterocycles. The Bertz CT molecular complexity index is 194. The van der Waals surface area contributed by atoms with Crippen molar-refractivity contribution < 1.29 is 9.84 Å². The first-order valence-electron chi connectivity index (χ1n) is 6.22. The van der Waals surface area contributed by atoms with Gasteiger partial charge in [-0.1, -0.05) is 13.3 Å². The smallest absolute Gasteiger partial charge is 0.0637 e. The Balaban J connectivity index is 4.25. The lowest BCUT2D eigenvalue weighted by atomic mass is 9.93. The predicted octanol–water partition coefficient (Wildman–Crippen LogP) is 2.33. The summed E-state index contributed by atoms with van der Waals surface area (Å²) in [6.07, 6.45) is 2.99. The zero-order chi connectivity index (χ0) is 12.8. The molecule has 0 amide bonds. The van der Waals surface area contributed by atoms with E-state index in [1.807, 2.05) is 0 Å². The maximum atomic E-state index is 9.43. The van der Waals surface area contributed by atoms with Gasteiger partial charge >= 0.3 is 0 Å². The van der Waals surface area contributed by atoms with Gasteiger partial charge in [0, 0.05) is 18.7 Å². The Hall–Kier alpha value is -0.120. The summed E-state index contributed by atoms with van der Waals surface area (Å²) in [6, 6.07) is 0.332. The zero-order valence-electron chi connectivity index (χ0n) is 11.8. The van der Waals surface area contributed by atoms with Crippen LogP contribution in [0, 0.1) is 0 Å². The first-order chi connectivity index (χ1) is 7.28. The number of ether oxygens (including phenoxy) is 1. The molecule has 98 valence electrons. The molecule has 0 aromatic carbocycles. The van der Waals surface area contributed by atoms with Crippen LogP contribution in [-0.2, 0) is 4.74 Å². The van der Waals surface area contributed by atoms with E-state index in [1.165, 1.54) is 0 Å². The molecule has 0 radical (unpaired) electrons. The molecule has 0 fully saturated rings. The fourth-order valence-electron chi connectivity index (χ4n) is 2.22. The molecule has 16 heavy (non-hydrogen) atoms. The fourth-order valence-corrected chi connectivity index (χ4v) is 2.22. The second-order valence-electron chi connectivity index (χ2n) is 5.68. The van der Waals surface area contributed by atoms with E-state index < -0.39 is 0 Å². The fraction of sp³-hybridized carbons (Fsp3) is 1.00. The van der Waals surface area contributed by atoms with Crippen molar-refractivity contribution >= 4 is 0 Å². The van der Waals surface area contributed by atoms with Gasteiger partial charge in [0.15, 0.2) is 0 Å². The lowest BCUT2D eigenvalue weighted by molar-refractivity contribution is 0.00411. The molecule has 3 heteroatoms. The van der Waals surface area contributed by atoms with Crippen LogP contribution >= 0.6 is 0 Å². The molecule has 2 unspecified atom stereocenters. The topological polar surface area (TPSA) is 41.5 Å². The lowest BCUT2D eigenvalue weighted by Gasteiger charge is -2.35. The van der Waals surface area contributed by atoms with Gasteiger partial charge in [-0.2, -0.15) is 0 Å². The van der Waals surface area contributed by atoms with E-state index in [4.69, 9.17) is 4.74 Å². The summed E-state index contributed by atoms with van der Waals surface area (Å²) in [7, 11) is 1.74. The zero-order valence-corrected chi connectivity index (χ0v) is 11.8.